The van der Waals surface area contributed by atoms with Gasteiger partial charge in [-0.05, 0) is 18.1 Å². The van der Waals surface area contributed by atoms with Gasteiger partial charge in [-0.3, -0.25) is 4.79 Å². The Balaban J connectivity index is 2.64. The van der Waals surface area contributed by atoms with Gasteiger partial charge >= 0.3 is 11.9 Å². The zero-order valence-corrected chi connectivity index (χ0v) is 14.4. The maximum Gasteiger partial charge on any atom is 0.340 e. The molecule has 24 heavy (non-hydrogen) atoms. The maximum absolute atomic E-state index is 12.1. The summed E-state index contributed by atoms with van der Waals surface area (Å²) in [6.45, 7) is 3.26. The Labute approximate surface area is 141 Å². The molecule has 1 aromatic carbocycles. The molecule has 2 N–H and O–H groups in total. The molecule has 0 radical (unpaired) electrons. The summed E-state index contributed by atoms with van der Waals surface area (Å²) in [5, 5.41) is 5.43. The zero-order chi connectivity index (χ0) is 18.1. The number of carbonyl (C=O) groups excluding carboxylic acids is 3. The lowest BCUT2D eigenvalue weighted by molar-refractivity contribution is -0.147. The first-order valence-electron chi connectivity index (χ1n) is 7.75. The molecule has 1 aromatic rings. The van der Waals surface area contributed by atoms with Crippen molar-refractivity contribution in [2.45, 2.75) is 26.3 Å². The average Bonchev–Trinajstić information content (AvgIpc) is 2.62. The molecule has 0 heterocycles. The first kappa shape index (κ1) is 19.5. The summed E-state index contributed by atoms with van der Waals surface area (Å²) in [6, 6.07) is 6.04. The third-order valence-corrected chi connectivity index (χ3v) is 3.74. The smallest absolute Gasteiger partial charge is 0.340 e. The highest BCUT2D eigenvalue weighted by Crippen LogP contribution is 2.15. The molecule has 0 aliphatic heterocycles. The lowest BCUT2D eigenvalue weighted by atomic mass is 9.99. The van der Waals surface area contributed by atoms with Crippen LogP contribution in [0.3, 0.4) is 0 Å². The Morgan fingerprint density at radius 2 is 1.88 bits per heavy atom. The number of hydrogen-bond donors (Lipinski definition) is 2. The van der Waals surface area contributed by atoms with Crippen LogP contribution in [0.15, 0.2) is 24.3 Å². The van der Waals surface area contributed by atoms with Gasteiger partial charge in [0.05, 0.1) is 12.7 Å². The fourth-order valence-corrected chi connectivity index (χ4v) is 2.10. The van der Waals surface area contributed by atoms with E-state index < -0.39 is 30.5 Å². The highest BCUT2D eigenvalue weighted by molar-refractivity contribution is 5.97. The summed E-state index contributed by atoms with van der Waals surface area (Å²) >= 11 is 0. The van der Waals surface area contributed by atoms with Crippen LogP contribution in [-0.4, -0.2) is 44.7 Å². The molecule has 0 saturated carbocycles. The molecule has 2 unspecified atom stereocenters. The monoisotopic (exact) mass is 336 g/mol. The van der Waals surface area contributed by atoms with Crippen LogP contribution in [0.1, 0.15) is 30.6 Å². The van der Waals surface area contributed by atoms with E-state index in [2.05, 4.69) is 10.6 Å². The van der Waals surface area contributed by atoms with Crippen molar-refractivity contribution >= 4 is 23.5 Å². The SMILES string of the molecule is CCC(C)C(NC(=O)COC(=O)c1ccccc1NC)C(=O)OC. The third kappa shape index (κ3) is 5.26. The topological polar surface area (TPSA) is 93.7 Å². The van der Waals surface area contributed by atoms with Crippen LogP contribution in [0.4, 0.5) is 5.69 Å². The van der Waals surface area contributed by atoms with Crippen molar-refractivity contribution in [3.63, 3.8) is 0 Å². The van der Waals surface area contributed by atoms with Crippen LogP contribution in [0.5, 0.6) is 0 Å². The number of benzene rings is 1. The van der Waals surface area contributed by atoms with Crippen molar-refractivity contribution in [1.29, 1.82) is 0 Å². The zero-order valence-electron chi connectivity index (χ0n) is 14.4. The van der Waals surface area contributed by atoms with Crippen LogP contribution in [0, 0.1) is 5.92 Å². The van der Waals surface area contributed by atoms with Crippen molar-refractivity contribution in [2.24, 2.45) is 5.92 Å². The number of para-hydroxylation sites is 1. The number of amides is 1. The summed E-state index contributed by atoms with van der Waals surface area (Å²) < 4.78 is 9.71. The number of ether oxygens (including phenoxy) is 2. The lowest BCUT2D eigenvalue weighted by Gasteiger charge is -2.21. The van der Waals surface area contributed by atoms with Gasteiger partial charge < -0.3 is 20.1 Å². The molecule has 0 aromatic heterocycles. The Morgan fingerprint density at radius 1 is 1.21 bits per heavy atom. The van der Waals surface area contributed by atoms with Gasteiger partial charge in [0.1, 0.15) is 6.04 Å². The highest BCUT2D eigenvalue weighted by atomic mass is 16.5. The summed E-state index contributed by atoms with van der Waals surface area (Å²) in [7, 11) is 2.95. The van der Waals surface area contributed by atoms with E-state index in [9.17, 15) is 14.4 Å². The van der Waals surface area contributed by atoms with Crippen molar-refractivity contribution in [1.82, 2.24) is 5.32 Å². The molecule has 0 bridgehead atoms. The standard InChI is InChI=1S/C17H24N2O5/c1-5-11(2)15(17(22)23-4)19-14(20)10-24-16(21)12-8-6-7-9-13(12)18-3/h6-9,11,15,18H,5,10H2,1-4H3,(H,19,20). The summed E-state index contributed by atoms with van der Waals surface area (Å²) in [4.78, 5) is 35.8. The molecule has 7 heteroatoms. The minimum Gasteiger partial charge on any atom is -0.467 e. The maximum atomic E-state index is 12.1. The molecule has 1 rings (SSSR count). The molecule has 0 aliphatic rings. The van der Waals surface area contributed by atoms with Gasteiger partial charge in [0, 0.05) is 12.7 Å². The minimum atomic E-state index is -0.768. The number of rotatable bonds is 8. The second kappa shape index (κ2) is 9.54. The van der Waals surface area contributed by atoms with Crippen molar-refractivity contribution in [3.8, 4) is 0 Å². The normalized spacial score (nSPS) is 12.7. The molecular formula is C17H24N2O5. The van der Waals surface area contributed by atoms with E-state index in [1.165, 1.54) is 7.11 Å². The van der Waals surface area contributed by atoms with Crippen LogP contribution in [0.25, 0.3) is 0 Å². The Morgan fingerprint density at radius 3 is 2.46 bits per heavy atom. The molecule has 1 amide bonds. The van der Waals surface area contributed by atoms with Gasteiger partial charge in [-0.25, -0.2) is 9.59 Å². The van der Waals surface area contributed by atoms with E-state index in [1.54, 1.807) is 31.3 Å². The van der Waals surface area contributed by atoms with Crippen LogP contribution < -0.4 is 10.6 Å². The van der Waals surface area contributed by atoms with Gasteiger partial charge in [0.2, 0.25) is 0 Å². The Hall–Kier alpha value is -2.57. The van der Waals surface area contributed by atoms with E-state index in [0.717, 1.165) is 0 Å². The number of anilines is 1. The molecule has 2 atom stereocenters. The highest BCUT2D eigenvalue weighted by Gasteiger charge is 2.27. The van der Waals surface area contributed by atoms with Crippen molar-refractivity contribution < 1.29 is 23.9 Å². The van der Waals surface area contributed by atoms with Crippen molar-refractivity contribution in [3.05, 3.63) is 29.8 Å². The summed E-state index contributed by atoms with van der Waals surface area (Å²) in [5.41, 5.74) is 0.939. The van der Waals surface area contributed by atoms with Crippen LogP contribution in [0.2, 0.25) is 0 Å². The number of hydrogen-bond acceptors (Lipinski definition) is 6. The van der Waals surface area contributed by atoms with E-state index in [4.69, 9.17) is 9.47 Å². The molecule has 7 nitrogen and oxygen atoms in total. The van der Waals surface area contributed by atoms with Gasteiger partial charge in [0.15, 0.2) is 6.61 Å². The number of esters is 2. The molecule has 0 aliphatic carbocycles. The first-order valence-corrected chi connectivity index (χ1v) is 7.75. The molecule has 132 valence electrons. The van der Waals surface area contributed by atoms with Crippen LogP contribution in [-0.2, 0) is 19.1 Å². The second-order valence-electron chi connectivity index (χ2n) is 5.33. The second-order valence-corrected chi connectivity index (χ2v) is 5.33. The lowest BCUT2D eigenvalue weighted by Crippen LogP contribution is -2.47. The summed E-state index contributed by atoms with van der Waals surface area (Å²) in [5.74, 6) is -1.79. The van der Waals surface area contributed by atoms with Gasteiger partial charge in [-0.15, -0.1) is 0 Å². The third-order valence-electron chi connectivity index (χ3n) is 3.74. The van der Waals surface area contributed by atoms with Crippen molar-refractivity contribution in [2.75, 3.05) is 26.1 Å². The Kier molecular flexibility index (Phi) is 7.74. The first-order chi connectivity index (χ1) is 11.4. The average molecular weight is 336 g/mol. The van der Waals surface area contributed by atoms with Gasteiger partial charge in [-0.2, -0.15) is 0 Å². The minimum absolute atomic E-state index is 0.0953. The predicted molar refractivity (Wildman–Crippen MR) is 89.7 cm³/mol. The van der Waals surface area contributed by atoms with E-state index in [1.807, 2.05) is 13.8 Å². The number of carbonyl (C=O) groups is 3. The van der Waals surface area contributed by atoms with Crippen LogP contribution >= 0.6 is 0 Å². The Bertz CT molecular complexity index is 588. The fourth-order valence-electron chi connectivity index (χ4n) is 2.10. The van der Waals surface area contributed by atoms with Gasteiger partial charge in [0.25, 0.3) is 5.91 Å². The molecule has 0 saturated heterocycles. The van der Waals surface area contributed by atoms with Gasteiger partial charge in [-0.1, -0.05) is 32.4 Å². The van der Waals surface area contributed by atoms with E-state index >= 15 is 0 Å². The number of methoxy groups -OCH3 is 1. The molecule has 0 spiro atoms. The van der Waals surface area contributed by atoms with E-state index in [0.29, 0.717) is 17.7 Å². The summed E-state index contributed by atoms with van der Waals surface area (Å²) in [6.07, 6.45) is 0.690. The predicted octanol–water partition coefficient (Wildman–Crippen LogP) is 1.59. The fraction of sp³-hybridized carbons (Fsp3) is 0.471. The molecule has 0 fully saturated rings. The largest absolute Gasteiger partial charge is 0.467 e. The molecular weight excluding hydrogens is 312 g/mol. The quantitative estimate of drug-likeness (QED) is 0.700. The number of nitrogens with one attached hydrogen (secondary N) is 2. The van der Waals surface area contributed by atoms with E-state index in [-0.39, 0.29) is 5.92 Å².